The Bertz CT molecular complexity index is 978. The number of likely N-dealkylation sites (N-methyl/N-ethyl adjacent to an activating group) is 1. The van der Waals surface area contributed by atoms with Crippen LogP contribution in [0.1, 0.15) is 65.0 Å². The van der Waals surface area contributed by atoms with Gasteiger partial charge in [0.2, 0.25) is 0 Å². The average molecular weight is 536 g/mol. The molecule has 2 N–H and O–H groups in total. The minimum atomic E-state index is -0.494. The number of aliphatic hydroxyl groups is 1. The van der Waals surface area contributed by atoms with Crippen LogP contribution in [0.3, 0.4) is 0 Å². The van der Waals surface area contributed by atoms with Crippen LogP contribution in [0.15, 0.2) is 28.2 Å². The van der Waals surface area contributed by atoms with E-state index in [1.807, 2.05) is 17.8 Å². The third-order valence-electron chi connectivity index (χ3n) is 7.38. The summed E-state index contributed by atoms with van der Waals surface area (Å²) in [6, 6.07) is 6.07. The third-order valence-corrected chi connectivity index (χ3v) is 11.7. The summed E-state index contributed by atoms with van der Waals surface area (Å²) in [5.74, 6) is 3.10. The van der Waals surface area contributed by atoms with Crippen LogP contribution in [0.5, 0.6) is 5.75 Å². The molecule has 0 saturated carbocycles. The van der Waals surface area contributed by atoms with Gasteiger partial charge < -0.3 is 10.2 Å². The van der Waals surface area contributed by atoms with Gasteiger partial charge in [0.15, 0.2) is 0 Å². The van der Waals surface area contributed by atoms with Crippen molar-refractivity contribution in [2.24, 2.45) is 15.4 Å². The van der Waals surface area contributed by atoms with Gasteiger partial charge >= 0.3 is 0 Å². The zero-order chi connectivity index (χ0) is 25.4. The Kier molecular flexibility index (Phi) is 8.58. The van der Waals surface area contributed by atoms with Gasteiger partial charge in [-0.1, -0.05) is 45.7 Å². The molecule has 3 aliphatic heterocycles. The Labute approximate surface area is 224 Å². The maximum Gasteiger partial charge on any atom is 0.125 e. The normalized spacial score (nSPS) is 27.8. The highest BCUT2D eigenvalue weighted by atomic mass is 32.2. The Balaban J connectivity index is 1.48. The number of aliphatic imine (C=N–C) groups is 2. The molecule has 4 unspecified atom stereocenters. The number of nitrogens with zero attached hydrogens (tertiary/aromatic N) is 3. The van der Waals surface area contributed by atoms with Crippen LogP contribution in [0.4, 0.5) is 0 Å². The number of aryl methyl sites for hydroxylation is 1. The Hall–Kier alpha value is -0.670. The zero-order valence-corrected chi connectivity index (χ0v) is 24.4. The lowest BCUT2D eigenvalue weighted by Gasteiger charge is -2.38. The lowest BCUT2D eigenvalue weighted by molar-refractivity contribution is 0.0211. The summed E-state index contributed by atoms with van der Waals surface area (Å²) in [5.41, 5.74) is 1.69. The molecule has 1 saturated heterocycles. The van der Waals surface area contributed by atoms with E-state index in [0.717, 1.165) is 45.8 Å². The smallest absolute Gasteiger partial charge is 0.125 e. The summed E-state index contributed by atoms with van der Waals surface area (Å²) in [7, 11) is 2.14. The predicted molar refractivity (Wildman–Crippen MR) is 156 cm³/mol. The van der Waals surface area contributed by atoms with Crippen LogP contribution in [0.2, 0.25) is 0 Å². The molecule has 1 aromatic rings. The van der Waals surface area contributed by atoms with E-state index in [4.69, 9.17) is 9.98 Å². The second-order valence-corrected chi connectivity index (χ2v) is 14.3. The fraction of sp³-hybridized carbons (Fsp3) is 0.704. The largest absolute Gasteiger partial charge is 0.507 e. The molecule has 3 aliphatic rings. The summed E-state index contributed by atoms with van der Waals surface area (Å²) in [6.07, 6.45) is 3.99. The molecule has 0 aliphatic carbocycles. The molecule has 0 spiro atoms. The molecule has 194 valence electrons. The number of hydrogen-bond donors (Lipinski definition) is 2. The first-order valence-corrected chi connectivity index (χ1v) is 15.8. The lowest BCUT2D eigenvalue weighted by atomic mass is 9.83. The number of thioether (sulfide) groups is 3. The van der Waals surface area contributed by atoms with Crippen LogP contribution in [-0.4, -0.2) is 78.6 Å². The van der Waals surface area contributed by atoms with Gasteiger partial charge in [0, 0.05) is 28.7 Å². The molecule has 4 atom stereocenters. The monoisotopic (exact) mass is 535 g/mol. The molecule has 5 nitrogen and oxygen atoms in total. The highest BCUT2D eigenvalue weighted by molar-refractivity contribution is 8.15. The van der Waals surface area contributed by atoms with Crippen molar-refractivity contribution in [2.75, 3.05) is 24.3 Å². The minimum Gasteiger partial charge on any atom is -0.507 e. The molecular weight excluding hydrogens is 495 g/mol. The summed E-state index contributed by atoms with van der Waals surface area (Å²) >= 11 is 5.46. The van der Waals surface area contributed by atoms with E-state index in [1.54, 1.807) is 29.6 Å². The maximum absolute atomic E-state index is 11.5. The number of aliphatic hydroxyl groups excluding tert-OH is 1. The average Bonchev–Trinajstić information content (AvgIpc) is 3.52. The van der Waals surface area contributed by atoms with Gasteiger partial charge in [0.05, 0.1) is 33.7 Å². The van der Waals surface area contributed by atoms with Crippen molar-refractivity contribution in [3.63, 3.8) is 0 Å². The van der Waals surface area contributed by atoms with Crippen molar-refractivity contribution in [3.8, 4) is 5.75 Å². The van der Waals surface area contributed by atoms with Crippen molar-refractivity contribution in [1.82, 2.24) is 4.90 Å². The number of rotatable bonds is 9. The second-order valence-electron chi connectivity index (χ2n) is 11.2. The van der Waals surface area contributed by atoms with Crippen LogP contribution in [0.25, 0.3) is 0 Å². The summed E-state index contributed by atoms with van der Waals surface area (Å²) < 4.78 is 0. The molecule has 0 amide bonds. The van der Waals surface area contributed by atoms with Crippen LogP contribution >= 0.6 is 35.3 Å². The van der Waals surface area contributed by atoms with Gasteiger partial charge in [-0.05, 0) is 45.4 Å². The van der Waals surface area contributed by atoms with Crippen LogP contribution in [-0.2, 0) is 6.42 Å². The van der Waals surface area contributed by atoms with Gasteiger partial charge in [-0.15, -0.1) is 35.3 Å². The van der Waals surface area contributed by atoms with E-state index in [2.05, 4.69) is 52.6 Å². The van der Waals surface area contributed by atoms with E-state index in [-0.39, 0.29) is 28.4 Å². The number of benzene rings is 1. The number of unbranched alkanes of at least 4 members (excludes halogenated alkanes) is 2. The number of phenols is 1. The summed E-state index contributed by atoms with van der Waals surface area (Å²) in [4.78, 5) is 12.4. The molecule has 1 fully saturated rings. The van der Waals surface area contributed by atoms with Crippen molar-refractivity contribution < 1.29 is 10.2 Å². The first-order valence-electron chi connectivity index (χ1n) is 12.8. The van der Waals surface area contributed by atoms with Crippen LogP contribution in [0, 0.1) is 5.41 Å². The molecule has 0 radical (unpaired) electrons. The van der Waals surface area contributed by atoms with E-state index in [0.29, 0.717) is 5.75 Å². The Morgan fingerprint density at radius 2 is 1.97 bits per heavy atom. The molecule has 35 heavy (non-hydrogen) atoms. The summed E-state index contributed by atoms with van der Waals surface area (Å²) in [6.45, 7) is 10.8. The first kappa shape index (κ1) is 27.4. The van der Waals surface area contributed by atoms with Crippen molar-refractivity contribution in [3.05, 3.63) is 29.3 Å². The van der Waals surface area contributed by atoms with Gasteiger partial charge in [-0.2, -0.15) is 0 Å². The van der Waals surface area contributed by atoms with E-state index >= 15 is 0 Å². The van der Waals surface area contributed by atoms with Crippen molar-refractivity contribution in [1.29, 1.82) is 0 Å². The van der Waals surface area contributed by atoms with Crippen molar-refractivity contribution in [2.45, 2.75) is 89.4 Å². The molecule has 1 aromatic carbocycles. The Morgan fingerprint density at radius 3 is 2.66 bits per heavy atom. The fourth-order valence-corrected chi connectivity index (χ4v) is 9.36. The number of hydrogen-bond acceptors (Lipinski definition) is 8. The minimum absolute atomic E-state index is 0.0551. The Morgan fingerprint density at radius 1 is 1.20 bits per heavy atom. The van der Waals surface area contributed by atoms with Crippen LogP contribution < -0.4 is 0 Å². The molecule has 4 rings (SSSR count). The predicted octanol–water partition coefficient (Wildman–Crippen LogP) is 5.67. The number of aromatic hydroxyl groups is 1. The van der Waals surface area contributed by atoms with E-state index < -0.39 is 6.10 Å². The highest BCUT2D eigenvalue weighted by Crippen LogP contribution is 2.44. The zero-order valence-electron chi connectivity index (χ0n) is 22.0. The third kappa shape index (κ3) is 5.77. The van der Waals surface area contributed by atoms with E-state index in [1.165, 1.54) is 18.4 Å². The molecule has 3 heterocycles. The topological polar surface area (TPSA) is 68.4 Å². The van der Waals surface area contributed by atoms with Crippen molar-refractivity contribution >= 4 is 45.4 Å². The standard InChI is InChI=1S/C27H41N3O2S3/c1-7-8-9-11-17-12-10-13-20(31)21(17)23-28-18(14-33-23)24-30(6)19(15-34-24)22(32)27(4,5)25-29-26(2,3)16-35-25/h10,12-13,18-19,22,24,31-32H,7-9,11,14-16H2,1-6H3. The van der Waals surface area contributed by atoms with Gasteiger partial charge in [0.1, 0.15) is 10.8 Å². The summed E-state index contributed by atoms with van der Waals surface area (Å²) in [5, 5.41) is 24.5. The molecular formula is C27H41N3O2S3. The van der Waals surface area contributed by atoms with E-state index in [9.17, 15) is 10.2 Å². The molecule has 0 bridgehead atoms. The molecule has 0 aromatic heterocycles. The quantitative estimate of drug-likeness (QED) is 0.397. The lowest BCUT2D eigenvalue weighted by Crippen LogP contribution is -2.51. The highest BCUT2D eigenvalue weighted by Gasteiger charge is 2.48. The fourth-order valence-electron chi connectivity index (χ4n) is 5.12. The maximum atomic E-state index is 11.5. The first-order chi connectivity index (χ1) is 16.5. The van der Waals surface area contributed by atoms with Gasteiger partial charge in [0.25, 0.3) is 0 Å². The second kappa shape index (κ2) is 11.0. The van der Waals surface area contributed by atoms with Gasteiger partial charge in [-0.3, -0.25) is 14.9 Å². The SMILES string of the molecule is CCCCCc1cccc(O)c1C1=NC(C2SCC(C(O)C(C)(C)C3=NC(C)(C)CS3)N2C)CS1. The number of phenolic OH excluding ortho intramolecular Hbond substituents is 1. The molecule has 8 heteroatoms. The van der Waals surface area contributed by atoms with Gasteiger partial charge in [-0.25, -0.2) is 0 Å².